The highest BCUT2D eigenvalue weighted by atomic mass is 35.5. The number of allylic oxidation sites excluding steroid dienone is 1. The Kier molecular flexibility index (Phi) is 6.67. The molecule has 0 saturated heterocycles. The van der Waals surface area contributed by atoms with E-state index in [1.807, 2.05) is 28.8 Å². The summed E-state index contributed by atoms with van der Waals surface area (Å²) in [4.78, 5) is 16.3. The predicted molar refractivity (Wildman–Crippen MR) is 111 cm³/mol. The van der Waals surface area contributed by atoms with Gasteiger partial charge in [0.2, 0.25) is 5.91 Å². The Morgan fingerprint density at radius 1 is 1.32 bits per heavy atom. The summed E-state index contributed by atoms with van der Waals surface area (Å²) in [6, 6.07) is 10.9. The van der Waals surface area contributed by atoms with Gasteiger partial charge in [-0.15, -0.1) is 16.8 Å². The van der Waals surface area contributed by atoms with Crippen LogP contribution in [0.25, 0.3) is 11.4 Å². The van der Waals surface area contributed by atoms with Crippen LogP contribution in [0.5, 0.6) is 5.75 Å². The number of hydrogen-bond acceptors (Lipinski definition) is 6. The lowest BCUT2D eigenvalue weighted by molar-refractivity contribution is -0.113. The number of rotatable bonds is 8. The normalized spacial score (nSPS) is 10.5. The maximum absolute atomic E-state index is 12.2. The molecule has 0 fully saturated rings. The van der Waals surface area contributed by atoms with Crippen molar-refractivity contribution in [2.75, 3.05) is 18.2 Å². The summed E-state index contributed by atoms with van der Waals surface area (Å²) < 4.78 is 7.31. The van der Waals surface area contributed by atoms with Gasteiger partial charge in [0.25, 0.3) is 0 Å². The summed E-state index contributed by atoms with van der Waals surface area (Å²) in [6.45, 7) is 4.30. The summed E-state index contributed by atoms with van der Waals surface area (Å²) in [7, 11) is 1.61. The zero-order chi connectivity index (χ0) is 19.9. The van der Waals surface area contributed by atoms with E-state index >= 15 is 0 Å². The third-order valence-electron chi connectivity index (χ3n) is 3.70. The van der Waals surface area contributed by atoms with Crippen LogP contribution < -0.4 is 10.1 Å². The summed E-state index contributed by atoms with van der Waals surface area (Å²) in [6.07, 6.45) is 3.23. The van der Waals surface area contributed by atoms with Crippen molar-refractivity contribution in [1.29, 1.82) is 0 Å². The number of ether oxygens (including phenoxy) is 1. The van der Waals surface area contributed by atoms with Gasteiger partial charge >= 0.3 is 0 Å². The minimum Gasteiger partial charge on any atom is -0.496 e. The highest BCUT2D eigenvalue weighted by Crippen LogP contribution is 2.30. The number of aromatic nitrogens is 4. The molecule has 1 N–H and O–H groups in total. The molecular formula is C19H18ClN5O2S. The Hall–Kier alpha value is -2.84. The van der Waals surface area contributed by atoms with Crippen LogP contribution in [0.2, 0.25) is 5.02 Å². The van der Waals surface area contributed by atoms with E-state index in [1.54, 1.807) is 25.3 Å². The van der Waals surface area contributed by atoms with E-state index in [0.717, 1.165) is 5.56 Å². The number of amides is 1. The maximum Gasteiger partial charge on any atom is 0.236 e. The van der Waals surface area contributed by atoms with Crippen LogP contribution in [-0.2, 0) is 11.3 Å². The molecule has 0 aliphatic rings. The standard InChI is InChI=1S/C19H18ClN5O2S/c1-3-10-25-18(14-6-4-5-7-15(14)27-2)23-24-19(25)28-12-17(26)22-16-9-8-13(20)11-21-16/h3-9,11H,1,10,12H2,2H3,(H,21,22,26). The quantitative estimate of drug-likeness (QED) is 0.443. The van der Waals surface area contributed by atoms with Crippen molar-refractivity contribution in [2.24, 2.45) is 0 Å². The molecule has 0 saturated carbocycles. The fourth-order valence-corrected chi connectivity index (χ4v) is 3.34. The molecule has 1 amide bonds. The van der Waals surface area contributed by atoms with Crippen molar-refractivity contribution in [1.82, 2.24) is 19.7 Å². The fraction of sp³-hybridized carbons (Fsp3) is 0.158. The van der Waals surface area contributed by atoms with Gasteiger partial charge < -0.3 is 10.1 Å². The van der Waals surface area contributed by atoms with E-state index in [-0.39, 0.29) is 11.7 Å². The average Bonchev–Trinajstić information content (AvgIpc) is 3.11. The third kappa shape index (κ3) is 4.71. The number of pyridine rings is 1. The maximum atomic E-state index is 12.2. The number of carbonyl (C=O) groups excluding carboxylic acids is 1. The van der Waals surface area contributed by atoms with Crippen LogP contribution in [-0.4, -0.2) is 38.5 Å². The molecule has 144 valence electrons. The highest BCUT2D eigenvalue weighted by molar-refractivity contribution is 7.99. The van der Waals surface area contributed by atoms with Crippen molar-refractivity contribution in [3.63, 3.8) is 0 Å². The molecule has 0 spiro atoms. The van der Waals surface area contributed by atoms with Crippen molar-refractivity contribution >= 4 is 35.1 Å². The van der Waals surface area contributed by atoms with Crippen molar-refractivity contribution < 1.29 is 9.53 Å². The van der Waals surface area contributed by atoms with Gasteiger partial charge in [-0.05, 0) is 24.3 Å². The van der Waals surface area contributed by atoms with Crippen LogP contribution in [0.15, 0.2) is 60.4 Å². The highest BCUT2D eigenvalue weighted by Gasteiger charge is 2.17. The number of methoxy groups -OCH3 is 1. The number of anilines is 1. The van der Waals surface area contributed by atoms with E-state index < -0.39 is 0 Å². The Bertz CT molecular complexity index is 975. The van der Waals surface area contributed by atoms with E-state index in [9.17, 15) is 4.79 Å². The molecule has 3 rings (SSSR count). The molecule has 3 aromatic rings. The zero-order valence-corrected chi connectivity index (χ0v) is 16.7. The fourth-order valence-electron chi connectivity index (χ4n) is 2.48. The SMILES string of the molecule is C=CCn1c(SCC(=O)Nc2ccc(Cl)cn2)nnc1-c1ccccc1OC. The van der Waals surface area contributed by atoms with Crippen LogP contribution >= 0.6 is 23.4 Å². The summed E-state index contributed by atoms with van der Waals surface area (Å²) in [5.41, 5.74) is 0.820. The van der Waals surface area contributed by atoms with Gasteiger partial charge in [0.15, 0.2) is 11.0 Å². The average molecular weight is 416 g/mol. The van der Waals surface area contributed by atoms with E-state index in [0.29, 0.717) is 34.1 Å². The van der Waals surface area contributed by atoms with Crippen LogP contribution in [0.1, 0.15) is 0 Å². The van der Waals surface area contributed by atoms with Crippen molar-refractivity contribution in [3.8, 4) is 17.1 Å². The van der Waals surface area contributed by atoms with Gasteiger partial charge in [0.1, 0.15) is 11.6 Å². The molecule has 0 aliphatic heterocycles. The zero-order valence-electron chi connectivity index (χ0n) is 15.1. The first-order valence-corrected chi connectivity index (χ1v) is 9.70. The first-order chi connectivity index (χ1) is 13.6. The van der Waals surface area contributed by atoms with Crippen LogP contribution in [0.4, 0.5) is 5.82 Å². The lowest BCUT2D eigenvalue weighted by Gasteiger charge is -2.10. The molecule has 2 aromatic heterocycles. The number of thioether (sulfide) groups is 1. The lowest BCUT2D eigenvalue weighted by atomic mass is 10.2. The Morgan fingerprint density at radius 3 is 2.86 bits per heavy atom. The Labute approximate surface area is 171 Å². The summed E-state index contributed by atoms with van der Waals surface area (Å²) in [5.74, 6) is 1.75. The molecule has 7 nitrogen and oxygen atoms in total. The monoisotopic (exact) mass is 415 g/mol. The largest absolute Gasteiger partial charge is 0.496 e. The minimum atomic E-state index is -0.202. The van der Waals surface area contributed by atoms with Crippen molar-refractivity contribution in [2.45, 2.75) is 11.7 Å². The number of hydrogen-bond donors (Lipinski definition) is 1. The van der Waals surface area contributed by atoms with Gasteiger partial charge in [0.05, 0.1) is 23.4 Å². The second-order valence-corrected chi connectivity index (χ2v) is 6.98. The topological polar surface area (TPSA) is 81.9 Å². The molecular weight excluding hydrogens is 398 g/mol. The van der Waals surface area contributed by atoms with Gasteiger partial charge in [-0.2, -0.15) is 0 Å². The molecule has 0 atom stereocenters. The number of nitrogens with zero attached hydrogens (tertiary/aromatic N) is 4. The second kappa shape index (κ2) is 9.38. The smallest absolute Gasteiger partial charge is 0.236 e. The molecule has 0 radical (unpaired) electrons. The third-order valence-corrected chi connectivity index (χ3v) is 4.89. The number of carbonyl (C=O) groups is 1. The molecule has 0 bridgehead atoms. The van der Waals surface area contributed by atoms with E-state index in [2.05, 4.69) is 27.1 Å². The minimum absolute atomic E-state index is 0.158. The van der Waals surface area contributed by atoms with E-state index in [4.69, 9.17) is 16.3 Å². The van der Waals surface area contributed by atoms with Gasteiger partial charge in [-0.3, -0.25) is 9.36 Å². The molecule has 9 heteroatoms. The molecule has 0 unspecified atom stereocenters. The summed E-state index contributed by atoms with van der Waals surface area (Å²) in [5, 5.41) is 12.4. The molecule has 28 heavy (non-hydrogen) atoms. The van der Waals surface area contributed by atoms with Gasteiger partial charge in [-0.1, -0.05) is 41.6 Å². The van der Waals surface area contributed by atoms with Crippen molar-refractivity contribution in [3.05, 3.63) is 60.3 Å². The Balaban J connectivity index is 1.75. The first-order valence-electron chi connectivity index (χ1n) is 8.34. The molecule has 0 aliphatic carbocycles. The van der Waals surface area contributed by atoms with Gasteiger partial charge in [-0.25, -0.2) is 4.98 Å². The lowest BCUT2D eigenvalue weighted by Crippen LogP contribution is -2.15. The summed E-state index contributed by atoms with van der Waals surface area (Å²) >= 11 is 7.08. The predicted octanol–water partition coefficient (Wildman–Crippen LogP) is 3.92. The van der Waals surface area contributed by atoms with Gasteiger partial charge in [0, 0.05) is 12.7 Å². The Morgan fingerprint density at radius 2 is 2.14 bits per heavy atom. The number of nitrogens with one attached hydrogen (secondary N) is 1. The number of para-hydroxylation sites is 1. The van der Waals surface area contributed by atoms with Crippen LogP contribution in [0.3, 0.4) is 0 Å². The first kappa shape index (κ1) is 19.9. The number of benzene rings is 1. The van der Waals surface area contributed by atoms with E-state index in [1.165, 1.54) is 18.0 Å². The molecule has 1 aromatic carbocycles. The van der Waals surface area contributed by atoms with Crippen LogP contribution in [0, 0.1) is 0 Å². The molecule has 2 heterocycles. The number of halogens is 1. The second-order valence-electron chi connectivity index (χ2n) is 5.60.